The maximum absolute atomic E-state index is 13.1. The van der Waals surface area contributed by atoms with Crippen molar-refractivity contribution in [2.75, 3.05) is 13.2 Å². The fraction of sp³-hybridized carbons (Fsp3) is 0.984. The summed E-state index contributed by atoms with van der Waals surface area (Å²) in [5, 5.41) is 54.8. The predicted molar refractivity (Wildman–Crippen MR) is 295 cm³/mol. The van der Waals surface area contributed by atoms with E-state index in [-0.39, 0.29) is 12.5 Å². The molecule has 0 aromatic heterocycles. The summed E-state index contributed by atoms with van der Waals surface area (Å²) in [6, 6.07) is -0.714. The number of carbonyl (C=O) groups excluding carboxylic acids is 1. The van der Waals surface area contributed by atoms with Gasteiger partial charge in [0.05, 0.1) is 25.4 Å². The minimum absolute atomic E-state index is 0.131. The Hall–Kier alpha value is -0.810. The topological polar surface area (TPSA) is 149 Å². The normalized spacial score (nSPS) is 19.2. The first-order valence-corrected chi connectivity index (χ1v) is 31.2. The van der Waals surface area contributed by atoms with Crippen LogP contribution in [0, 0.1) is 0 Å². The molecule has 0 aromatic rings. The third kappa shape index (κ3) is 40.6. The van der Waals surface area contributed by atoms with Gasteiger partial charge in [-0.3, -0.25) is 4.79 Å². The van der Waals surface area contributed by atoms with E-state index in [2.05, 4.69) is 19.2 Å². The fourth-order valence-electron chi connectivity index (χ4n) is 10.5. The van der Waals surface area contributed by atoms with Crippen LogP contribution in [0.15, 0.2) is 0 Å². The number of aliphatic hydroxyl groups is 5. The number of hydrogen-bond acceptors (Lipinski definition) is 8. The molecular formula is C61H121NO8. The highest BCUT2D eigenvalue weighted by atomic mass is 16.7. The van der Waals surface area contributed by atoms with Crippen molar-refractivity contribution < 1.29 is 39.8 Å². The lowest BCUT2D eigenvalue weighted by atomic mass is 9.99. The summed E-state index contributed by atoms with van der Waals surface area (Å²) in [7, 11) is 0. The Kier molecular flexibility index (Phi) is 49.6. The molecule has 1 amide bonds. The van der Waals surface area contributed by atoms with E-state index in [1.807, 2.05) is 0 Å². The van der Waals surface area contributed by atoms with E-state index in [4.69, 9.17) is 9.47 Å². The van der Waals surface area contributed by atoms with Gasteiger partial charge in [0.25, 0.3) is 0 Å². The van der Waals surface area contributed by atoms with Gasteiger partial charge < -0.3 is 40.3 Å². The Balaban J connectivity index is 2.15. The molecule has 1 aliphatic heterocycles. The van der Waals surface area contributed by atoms with Gasteiger partial charge >= 0.3 is 0 Å². The summed E-state index contributed by atoms with van der Waals surface area (Å²) >= 11 is 0. The second-order valence-electron chi connectivity index (χ2n) is 22.2. The Morgan fingerprint density at radius 1 is 0.429 bits per heavy atom. The largest absolute Gasteiger partial charge is 0.394 e. The molecule has 418 valence electrons. The van der Waals surface area contributed by atoms with Crippen LogP contribution in [0.3, 0.4) is 0 Å². The summed E-state index contributed by atoms with van der Waals surface area (Å²) in [4.78, 5) is 13.1. The zero-order chi connectivity index (χ0) is 50.8. The quantitative estimate of drug-likeness (QED) is 0.0330. The van der Waals surface area contributed by atoms with E-state index in [0.29, 0.717) is 12.8 Å². The van der Waals surface area contributed by atoms with Crippen LogP contribution in [-0.2, 0) is 14.3 Å². The first-order valence-electron chi connectivity index (χ1n) is 31.2. The minimum Gasteiger partial charge on any atom is -0.394 e. The van der Waals surface area contributed by atoms with E-state index in [1.54, 1.807) is 0 Å². The van der Waals surface area contributed by atoms with Crippen LogP contribution in [-0.4, -0.2) is 87.5 Å². The molecular weight excluding hydrogens is 875 g/mol. The molecule has 9 heteroatoms. The van der Waals surface area contributed by atoms with Gasteiger partial charge in [-0.1, -0.05) is 309 Å². The van der Waals surface area contributed by atoms with Crippen molar-refractivity contribution in [1.29, 1.82) is 0 Å². The van der Waals surface area contributed by atoms with Crippen LogP contribution in [0.4, 0.5) is 0 Å². The molecule has 1 aliphatic rings. The van der Waals surface area contributed by atoms with Crippen LogP contribution >= 0.6 is 0 Å². The number of amides is 1. The Morgan fingerprint density at radius 3 is 1.01 bits per heavy atom. The average molecular weight is 997 g/mol. The predicted octanol–water partition coefficient (Wildman–Crippen LogP) is 15.8. The summed E-state index contributed by atoms with van der Waals surface area (Å²) in [6.45, 7) is 3.90. The second-order valence-corrected chi connectivity index (χ2v) is 22.2. The molecule has 1 fully saturated rings. The molecule has 0 bridgehead atoms. The molecule has 0 saturated carbocycles. The standard InChI is InChI=1S/C61H121NO8/c1-3-5-7-9-11-13-15-17-19-21-23-25-27-29-31-33-35-37-39-41-43-45-47-49-51-57(65)62-54(53-69-61-60(68)59(67)58(66)56(52-63)70-61)55(64)50-48-46-44-42-40-38-36-34-32-30-28-26-24-22-20-18-16-14-12-10-8-6-4-2/h54-56,58-61,63-64,66-68H,3-53H2,1-2H3,(H,62,65). The summed E-state index contributed by atoms with van der Waals surface area (Å²) in [5.41, 5.74) is 0. The van der Waals surface area contributed by atoms with Crippen molar-refractivity contribution >= 4 is 5.91 Å². The molecule has 70 heavy (non-hydrogen) atoms. The molecule has 0 aromatic carbocycles. The number of ether oxygens (including phenoxy) is 2. The summed E-state index contributed by atoms with van der Waals surface area (Å²) in [5.74, 6) is -0.135. The van der Waals surface area contributed by atoms with Gasteiger partial charge in [0.1, 0.15) is 24.4 Å². The number of hydrogen-bond donors (Lipinski definition) is 6. The Labute approximate surface area is 434 Å². The molecule has 1 heterocycles. The maximum Gasteiger partial charge on any atom is 0.220 e. The number of unbranched alkanes of at least 4 members (excludes halogenated alkanes) is 45. The number of aliphatic hydroxyl groups excluding tert-OH is 5. The van der Waals surface area contributed by atoms with Gasteiger partial charge in [0.15, 0.2) is 6.29 Å². The highest BCUT2D eigenvalue weighted by Gasteiger charge is 2.44. The van der Waals surface area contributed by atoms with Gasteiger partial charge in [-0.15, -0.1) is 0 Å². The molecule has 1 rings (SSSR count). The maximum atomic E-state index is 13.1. The van der Waals surface area contributed by atoms with Crippen molar-refractivity contribution in [3.63, 3.8) is 0 Å². The second kappa shape index (κ2) is 51.7. The van der Waals surface area contributed by atoms with Crippen LogP contribution in [0.5, 0.6) is 0 Å². The Bertz CT molecular complexity index is 1060. The minimum atomic E-state index is -1.55. The third-order valence-electron chi connectivity index (χ3n) is 15.5. The molecule has 0 aliphatic carbocycles. The molecule has 7 unspecified atom stereocenters. The molecule has 7 atom stereocenters. The van der Waals surface area contributed by atoms with Crippen LogP contribution in [0.25, 0.3) is 0 Å². The lowest BCUT2D eigenvalue weighted by Gasteiger charge is -2.40. The molecule has 0 radical (unpaired) electrons. The van der Waals surface area contributed by atoms with Crippen molar-refractivity contribution in [2.24, 2.45) is 0 Å². The van der Waals surface area contributed by atoms with Crippen molar-refractivity contribution in [3.05, 3.63) is 0 Å². The van der Waals surface area contributed by atoms with Gasteiger partial charge in [-0.25, -0.2) is 0 Å². The van der Waals surface area contributed by atoms with Crippen molar-refractivity contribution in [2.45, 2.75) is 371 Å². The zero-order valence-electron chi connectivity index (χ0n) is 46.6. The zero-order valence-corrected chi connectivity index (χ0v) is 46.6. The summed E-state index contributed by atoms with van der Waals surface area (Å²) < 4.78 is 11.3. The molecule has 1 saturated heterocycles. The highest BCUT2D eigenvalue weighted by Crippen LogP contribution is 2.24. The lowest BCUT2D eigenvalue weighted by molar-refractivity contribution is -0.302. The van der Waals surface area contributed by atoms with Crippen molar-refractivity contribution in [1.82, 2.24) is 5.32 Å². The van der Waals surface area contributed by atoms with E-state index in [0.717, 1.165) is 38.5 Å². The Morgan fingerprint density at radius 2 is 0.714 bits per heavy atom. The van der Waals surface area contributed by atoms with E-state index >= 15 is 0 Å². The van der Waals surface area contributed by atoms with Gasteiger partial charge in [0, 0.05) is 6.42 Å². The van der Waals surface area contributed by atoms with Crippen molar-refractivity contribution in [3.8, 4) is 0 Å². The smallest absolute Gasteiger partial charge is 0.220 e. The number of rotatable bonds is 55. The van der Waals surface area contributed by atoms with E-state index in [9.17, 15) is 30.3 Å². The van der Waals surface area contributed by atoms with Crippen LogP contribution in [0.2, 0.25) is 0 Å². The van der Waals surface area contributed by atoms with Crippen LogP contribution < -0.4 is 5.32 Å². The number of carbonyl (C=O) groups is 1. The lowest BCUT2D eigenvalue weighted by Crippen LogP contribution is -2.60. The van der Waals surface area contributed by atoms with Crippen LogP contribution in [0.1, 0.15) is 328 Å². The number of nitrogens with one attached hydrogen (secondary N) is 1. The molecule has 9 nitrogen and oxygen atoms in total. The monoisotopic (exact) mass is 996 g/mol. The van der Waals surface area contributed by atoms with E-state index in [1.165, 1.54) is 263 Å². The molecule has 6 N–H and O–H groups in total. The van der Waals surface area contributed by atoms with Gasteiger partial charge in [0.2, 0.25) is 5.91 Å². The third-order valence-corrected chi connectivity index (χ3v) is 15.5. The summed E-state index contributed by atoms with van der Waals surface area (Å²) in [6.07, 6.45) is 55.7. The van der Waals surface area contributed by atoms with E-state index < -0.39 is 49.5 Å². The first-order chi connectivity index (χ1) is 34.3. The molecule has 0 spiro atoms. The SMILES string of the molecule is CCCCCCCCCCCCCCCCCCCCCCCCCCC(=O)NC(COC1OC(CO)C(O)C(O)C1O)C(O)CCCCCCCCCCCCCCCCCCCCCCCCC. The van der Waals surface area contributed by atoms with Gasteiger partial charge in [-0.2, -0.15) is 0 Å². The average Bonchev–Trinajstić information content (AvgIpc) is 3.36. The first kappa shape index (κ1) is 67.2. The fourth-order valence-corrected chi connectivity index (χ4v) is 10.5. The van der Waals surface area contributed by atoms with Gasteiger partial charge in [-0.05, 0) is 12.8 Å². The highest BCUT2D eigenvalue weighted by molar-refractivity contribution is 5.76.